The lowest BCUT2D eigenvalue weighted by Crippen LogP contribution is -2.05. The highest BCUT2D eigenvalue weighted by Gasteiger charge is 2.14. The van der Waals surface area contributed by atoms with Gasteiger partial charge in [-0.05, 0) is 11.6 Å². The van der Waals surface area contributed by atoms with Crippen molar-refractivity contribution < 1.29 is 18.1 Å². The SMILES string of the molecule is O=[N+]([O-])c1cc(CNc2c(F)cc(F)cc2F)ccc1Cl. The molecule has 0 aromatic heterocycles. The van der Waals surface area contributed by atoms with Crippen LogP contribution in [-0.2, 0) is 6.54 Å². The molecule has 0 atom stereocenters. The molecule has 0 spiro atoms. The van der Waals surface area contributed by atoms with Crippen LogP contribution in [0.25, 0.3) is 0 Å². The molecule has 1 N–H and O–H groups in total. The summed E-state index contributed by atoms with van der Waals surface area (Å²) in [6.45, 7) is -0.0858. The minimum atomic E-state index is -1.09. The molecule has 21 heavy (non-hydrogen) atoms. The van der Waals surface area contributed by atoms with Gasteiger partial charge in [-0.3, -0.25) is 10.1 Å². The Labute approximate surface area is 122 Å². The standard InChI is InChI=1S/C13H8ClF3N2O2/c14-9-2-1-7(3-12(9)19(20)21)6-18-13-10(16)4-8(15)5-11(13)17/h1-5,18H,6H2. The third kappa shape index (κ3) is 3.43. The smallest absolute Gasteiger partial charge is 0.288 e. The minimum Gasteiger partial charge on any atom is -0.376 e. The maximum Gasteiger partial charge on any atom is 0.288 e. The second-order valence-corrected chi connectivity index (χ2v) is 4.55. The lowest BCUT2D eigenvalue weighted by Gasteiger charge is -2.09. The monoisotopic (exact) mass is 316 g/mol. The number of hydrogen-bond donors (Lipinski definition) is 1. The van der Waals surface area contributed by atoms with Crippen LogP contribution < -0.4 is 5.32 Å². The fraction of sp³-hybridized carbons (Fsp3) is 0.0769. The Bertz CT molecular complexity index is 687. The zero-order chi connectivity index (χ0) is 15.6. The zero-order valence-corrected chi connectivity index (χ0v) is 11.1. The number of nitrogens with zero attached hydrogens (tertiary/aromatic N) is 1. The van der Waals surface area contributed by atoms with E-state index in [1.807, 2.05) is 0 Å². The second-order valence-electron chi connectivity index (χ2n) is 4.14. The van der Waals surface area contributed by atoms with Crippen molar-refractivity contribution in [1.29, 1.82) is 0 Å². The van der Waals surface area contributed by atoms with Gasteiger partial charge in [0.05, 0.1) is 4.92 Å². The Hall–Kier alpha value is -2.28. The van der Waals surface area contributed by atoms with Gasteiger partial charge in [0.25, 0.3) is 5.69 Å². The molecule has 4 nitrogen and oxygen atoms in total. The van der Waals surface area contributed by atoms with Crippen LogP contribution in [-0.4, -0.2) is 4.92 Å². The molecule has 110 valence electrons. The second kappa shape index (κ2) is 6.01. The Morgan fingerprint density at radius 2 is 1.76 bits per heavy atom. The summed E-state index contributed by atoms with van der Waals surface area (Å²) in [5.41, 5.74) is -0.417. The Morgan fingerprint density at radius 3 is 2.33 bits per heavy atom. The largest absolute Gasteiger partial charge is 0.376 e. The summed E-state index contributed by atoms with van der Waals surface area (Å²) in [6.07, 6.45) is 0. The van der Waals surface area contributed by atoms with E-state index < -0.39 is 28.1 Å². The van der Waals surface area contributed by atoms with Crippen LogP contribution in [0, 0.1) is 27.6 Å². The molecule has 0 aliphatic carbocycles. The van der Waals surface area contributed by atoms with Crippen LogP contribution in [0.2, 0.25) is 5.02 Å². The first kappa shape index (κ1) is 15.1. The van der Waals surface area contributed by atoms with Gasteiger partial charge >= 0.3 is 0 Å². The van der Waals surface area contributed by atoms with Crippen molar-refractivity contribution in [1.82, 2.24) is 0 Å². The lowest BCUT2D eigenvalue weighted by atomic mass is 10.2. The van der Waals surface area contributed by atoms with Crippen LogP contribution in [0.3, 0.4) is 0 Å². The van der Waals surface area contributed by atoms with Crippen LogP contribution in [0.1, 0.15) is 5.56 Å². The number of nitro groups is 1. The highest BCUT2D eigenvalue weighted by Crippen LogP contribution is 2.26. The van der Waals surface area contributed by atoms with Crippen molar-refractivity contribution in [3.63, 3.8) is 0 Å². The number of hydrogen-bond acceptors (Lipinski definition) is 3. The predicted octanol–water partition coefficient (Wildman–Crippen LogP) is 4.28. The molecular formula is C13H8ClF3N2O2. The molecule has 2 rings (SSSR count). The third-order valence-corrected chi connectivity index (χ3v) is 3.00. The summed E-state index contributed by atoms with van der Waals surface area (Å²) >= 11 is 5.65. The maximum absolute atomic E-state index is 13.4. The molecule has 0 heterocycles. The summed E-state index contributed by atoms with van der Waals surface area (Å²) in [4.78, 5) is 10.1. The molecule has 2 aromatic carbocycles. The first-order chi connectivity index (χ1) is 9.88. The van der Waals surface area contributed by atoms with Gasteiger partial charge in [-0.15, -0.1) is 0 Å². The first-order valence-corrected chi connectivity index (χ1v) is 6.07. The van der Waals surface area contributed by atoms with E-state index in [0.29, 0.717) is 17.7 Å². The molecule has 0 radical (unpaired) electrons. The van der Waals surface area contributed by atoms with E-state index in [1.165, 1.54) is 18.2 Å². The average Bonchev–Trinajstić information content (AvgIpc) is 2.38. The zero-order valence-electron chi connectivity index (χ0n) is 10.4. The fourth-order valence-electron chi connectivity index (χ4n) is 1.71. The number of halogens is 4. The Morgan fingerprint density at radius 1 is 1.14 bits per heavy atom. The average molecular weight is 317 g/mol. The number of benzene rings is 2. The van der Waals surface area contributed by atoms with Gasteiger partial charge in [-0.2, -0.15) is 0 Å². The molecule has 0 aliphatic heterocycles. The molecule has 0 aliphatic rings. The topological polar surface area (TPSA) is 55.2 Å². The molecule has 0 saturated heterocycles. The summed E-state index contributed by atoms with van der Waals surface area (Å²) in [5, 5.41) is 13.1. The van der Waals surface area contributed by atoms with E-state index in [4.69, 9.17) is 11.6 Å². The first-order valence-electron chi connectivity index (χ1n) is 5.69. The predicted molar refractivity (Wildman–Crippen MR) is 71.7 cm³/mol. The molecule has 2 aromatic rings. The van der Waals surface area contributed by atoms with E-state index in [1.54, 1.807) is 0 Å². The molecule has 0 fully saturated rings. The molecule has 8 heteroatoms. The van der Waals surface area contributed by atoms with E-state index in [-0.39, 0.29) is 17.3 Å². The number of rotatable bonds is 4. The third-order valence-electron chi connectivity index (χ3n) is 2.68. The van der Waals surface area contributed by atoms with Crippen molar-refractivity contribution in [2.24, 2.45) is 0 Å². The number of nitrogens with one attached hydrogen (secondary N) is 1. The Kier molecular flexibility index (Phi) is 4.32. The molecule has 0 unspecified atom stereocenters. The summed E-state index contributed by atoms with van der Waals surface area (Å²) < 4.78 is 39.6. The minimum absolute atomic E-state index is 0.0390. The van der Waals surface area contributed by atoms with Crippen LogP contribution in [0.5, 0.6) is 0 Å². The summed E-state index contributed by atoms with van der Waals surface area (Å²) in [5.74, 6) is -3.20. The fourth-order valence-corrected chi connectivity index (χ4v) is 1.90. The van der Waals surface area contributed by atoms with Crippen LogP contribution in [0.4, 0.5) is 24.5 Å². The maximum atomic E-state index is 13.4. The molecule has 0 amide bonds. The van der Waals surface area contributed by atoms with Crippen molar-refractivity contribution in [3.05, 3.63) is 68.5 Å². The van der Waals surface area contributed by atoms with Crippen molar-refractivity contribution in [3.8, 4) is 0 Å². The van der Waals surface area contributed by atoms with Gasteiger partial charge < -0.3 is 5.32 Å². The van der Waals surface area contributed by atoms with Crippen LogP contribution in [0.15, 0.2) is 30.3 Å². The van der Waals surface area contributed by atoms with Gasteiger partial charge in [-0.25, -0.2) is 13.2 Å². The summed E-state index contributed by atoms with van der Waals surface area (Å²) in [6, 6.07) is 5.05. The van der Waals surface area contributed by atoms with Crippen LogP contribution >= 0.6 is 11.6 Å². The lowest BCUT2D eigenvalue weighted by molar-refractivity contribution is -0.384. The van der Waals surface area contributed by atoms with E-state index >= 15 is 0 Å². The van der Waals surface area contributed by atoms with Gasteiger partial charge in [0, 0.05) is 24.7 Å². The van der Waals surface area contributed by atoms with E-state index in [9.17, 15) is 23.3 Å². The number of anilines is 1. The van der Waals surface area contributed by atoms with Gasteiger partial charge in [0.1, 0.15) is 16.5 Å². The normalized spacial score (nSPS) is 10.5. The highest BCUT2D eigenvalue weighted by atomic mass is 35.5. The van der Waals surface area contributed by atoms with Gasteiger partial charge in [0.15, 0.2) is 11.6 Å². The van der Waals surface area contributed by atoms with Crippen molar-refractivity contribution in [2.45, 2.75) is 6.54 Å². The highest BCUT2D eigenvalue weighted by molar-refractivity contribution is 6.32. The quantitative estimate of drug-likeness (QED) is 0.676. The Balaban J connectivity index is 2.21. The molecule has 0 saturated carbocycles. The van der Waals surface area contributed by atoms with Crippen molar-refractivity contribution >= 4 is 23.0 Å². The summed E-state index contributed by atoms with van der Waals surface area (Å²) in [7, 11) is 0. The molecule has 0 bridgehead atoms. The molecular weight excluding hydrogens is 309 g/mol. The van der Waals surface area contributed by atoms with E-state index in [0.717, 1.165) is 0 Å². The van der Waals surface area contributed by atoms with Gasteiger partial charge in [-0.1, -0.05) is 17.7 Å². The number of nitro benzene ring substituents is 1. The van der Waals surface area contributed by atoms with Gasteiger partial charge in [0.2, 0.25) is 0 Å². The van der Waals surface area contributed by atoms with E-state index in [2.05, 4.69) is 5.32 Å². The van der Waals surface area contributed by atoms with Crippen molar-refractivity contribution in [2.75, 3.05) is 5.32 Å².